The molecule has 6 rings (SSSR count). The third-order valence-corrected chi connectivity index (χ3v) is 7.18. The van der Waals surface area contributed by atoms with Crippen LogP contribution in [0.1, 0.15) is 26.6 Å². The van der Waals surface area contributed by atoms with Gasteiger partial charge in [-0.2, -0.15) is 0 Å². The zero-order valence-corrected chi connectivity index (χ0v) is 21.8. The number of hydrogen-bond acceptors (Lipinski definition) is 6. The lowest BCUT2D eigenvalue weighted by atomic mass is 10.1. The second kappa shape index (κ2) is 10.7. The van der Waals surface area contributed by atoms with Gasteiger partial charge in [0.15, 0.2) is 11.6 Å². The number of rotatable bonds is 5. The molecule has 204 valence electrons. The van der Waals surface area contributed by atoms with E-state index >= 15 is 0 Å². The molecular weight excluding hydrogens is 494 g/mol. The molecule has 0 aliphatic carbocycles. The van der Waals surface area contributed by atoms with Gasteiger partial charge in [0, 0.05) is 57.7 Å². The van der Waals surface area contributed by atoms with E-state index < -0.39 is 0 Å². The highest BCUT2D eigenvalue weighted by molar-refractivity contribution is 6.00. The predicted molar refractivity (Wildman–Crippen MR) is 154 cm³/mol. The van der Waals surface area contributed by atoms with E-state index in [2.05, 4.69) is 27.6 Å². The van der Waals surface area contributed by atoms with E-state index in [4.69, 9.17) is 9.72 Å². The molecule has 0 bridgehead atoms. The number of morpholine rings is 1. The maximum atomic E-state index is 12.7. The third kappa shape index (κ3) is 5.42. The fourth-order valence-corrected chi connectivity index (χ4v) is 5.04. The van der Waals surface area contributed by atoms with Crippen LogP contribution in [0.15, 0.2) is 66.9 Å². The smallest absolute Gasteiger partial charge is 0.323 e. The van der Waals surface area contributed by atoms with Crippen molar-refractivity contribution in [3.05, 3.63) is 72.4 Å². The van der Waals surface area contributed by atoms with Crippen LogP contribution in [0.3, 0.4) is 0 Å². The van der Waals surface area contributed by atoms with Crippen LogP contribution in [0.4, 0.5) is 22.0 Å². The number of amides is 3. The molecule has 39 heavy (non-hydrogen) atoms. The standard InChI is InChI=1S/C29H31N7O3.2H2/c1-20-12-14-35(19-20)28(37)22-6-10-24(11-7-22)31-29(38)30-23-8-4-21(5-9-23)26-32-27(34-15-17-39-18-16-34)25-3-2-13-36(25)33-26;;/h2-11,13,20H,12,14-19H2,1H3,(H2,30,31,38);2*1H. The van der Waals surface area contributed by atoms with E-state index in [0.29, 0.717) is 41.9 Å². The highest BCUT2D eigenvalue weighted by atomic mass is 16.5. The minimum absolute atomic E-state index is 0. The van der Waals surface area contributed by atoms with Crippen molar-refractivity contribution >= 4 is 34.6 Å². The number of carbonyl (C=O) groups excluding carboxylic acids is 2. The minimum Gasteiger partial charge on any atom is -0.378 e. The Morgan fingerprint density at radius 2 is 1.64 bits per heavy atom. The first-order valence-electron chi connectivity index (χ1n) is 13.3. The van der Waals surface area contributed by atoms with Gasteiger partial charge in [-0.1, -0.05) is 6.92 Å². The molecule has 4 aromatic rings. The summed E-state index contributed by atoms with van der Waals surface area (Å²) in [4.78, 5) is 34.2. The van der Waals surface area contributed by atoms with Crippen LogP contribution in [0.5, 0.6) is 0 Å². The number of carbonyl (C=O) groups is 2. The highest BCUT2D eigenvalue weighted by Gasteiger charge is 2.24. The van der Waals surface area contributed by atoms with Crippen molar-refractivity contribution in [3.8, 4) is 11.4 Å². The quantitative estimate of drug-likeness (QED) is 0.383. The Labute approximate surface area is 229 Å². The maximum Gasteiger partial charge on any atom is 0.323 e. The van der Waals surface area contributed by atoms with E-state index in [1.807, 2.05) is 52.0 Å². The fraction of sp³-hybridized carbons (Fsp3) is 0.310. The predicted octanol–water partition coefficient (Wildman–Crippen LogP) is 4.85. The molecule has 10 nitrogen and oxygen atoms in total. The van der Waals surface area contributed by atoms with Crippen LogP contribution >= 0.6 is 0 Å². The van der Waals surface area contributed by atoms with Crippen LogP contribution in [0.25, 0.3) is 16.9 Å². The van der Waals surface area contributed by atoms with Gasteiger partial charge >= 0.3 is 6.03 Å². The van der Waals surface area contributed by atoms with Gasteiger partial charge in [-0.15, -0.1) is 5.10 Å². The molecule has 3 amide bonds. The van der Waals surface area contributed by atoms with Gasteiger partial charge in [-0.05, 0) is 73.0 Å². The summed E-state index contributed by atoms with van der Waals surface area (Å²) < 4.78 is 7.35. The summed E-state index contributed by atoms with van der Waals surface area (Å²) in [5.41, 5.74) is 3.68. The summed E-state index contributed by atoms with van der Waals surface area (Å²) >= 11 is 0. The molecular formula is C29H35N7O3. The first kappa shape index (κ1) is 24.9. The molecule has 1 unspecified atom stereocenters. The summed E-state index contributed by atoms with van der Waals surface area (Å²) in [7, 11) is 0. The molecule has 2 aromatic heterocycles. The molecule has 2 saturated heterocycles. The minimum atomic E-state index is -0.366. The zero-order valence-electron chi connectivity index (χ0n) is 21.8. The van der Waals surface area contributed by atoms with Crippen LogP contribution < -0.4 is 15.5 Å². The number of anilines is 3. The second-order valence-corrected chi connectivity index (χ2v) is 10.1. The molecule has 1 atom stereocenters. The van der Waals surface area contributed by atoms with Crippen molar-refractivity contribution < 1.29 is 17.2 Å². The molecule has 2 N–H and O–H groups in total. The summed E-state index contributed by atoms with van der Waals surface area (Å²) in [6.07, 6.45) is 2.96. The molecule has 2 fully saturated rings. The Hall–Kier alpha value is -4.44. The van der Waals surface area contributed by atoms with Crippen molar-refractivity contribution in [2.24, 2.45) is 5.92 Å². The number of nitrogens with one attached hydrogen (secondary N) is 2. The van der Waals surface area contributed by atoms with Gasteiger partial charge in [-0.25, -0.2) is 14.3 Å². The average molecular weight is 530 g/mol. The molecule has 0 spiro atoms. The monoisotopic (exact) mass is 529 g/mol. The number of nitrogens with zero attached hydrogens (tertiary/aromatic N) is 5. The highest BCUT2D eigenvalue weighted by Crippen LogP contribution is 2.25. The molecule has 4 heterocycles. The third-order valence-electron chi connectivity index (χ3n) is 7.18. The number of benzene rings is 2. The molecule has 2 aromatic carbocycles. The summed E-state index contributed by atoms with van der Waals surface area (Å²) in [5, 5.41) is 10.3. The van der Waals surface area contributed by atoms with E-state index in [9.17, 15) is 9.59 Å². The van der Waals surface area contributed by atoms with Gasteiger partial charge in [-0.3, -0.25) is 4.79 Å². The molecule has 10 heteroatoms. The van der Waals surface area contributed by atoms with Crippen molar-refractivity contribution in [1.82, 2.24) is 19.5 Å². The largest absolute Gasteiger partial charge is 0.378 e. The van der Waals surface area contributed by atoms with Crippen molar-refractivity contribution in [2.75, 3.05) is 54.9 Å². The number of ether oxygens (including phenoxy) is 1. The van der Waals surface area contributed by atoms with Crippen molar-refractivity contribution in [2.45, 2.75) is 13.3 Å². The van der Waals surface area contributed by atoms with Crippen LogP contribution in [0, 0.1) is 5.92 Å². The van der Waals surface area contributed by atoms with Gasteiger partial charge in [0.1, 0.15) is 5.52 Å². The molecule has 2 aliphatic heterocycles. The SMILES string of the molecule is CC1CCN(C(=O)c2ccc(NC(=O)Nc3ccc(-c4nc(N5CCOCC5)c5cccn5n4)cc3)cc2)C1.[HH].[HH]. The Kier molecular flexibility index (Phi) is 6.85. The van der Waals surface area contributed by atoms with E-state index in [1.54, 1.807) is 24.3 Å². The van der Waals surface area contributed by atoms with Crippen molar-refractivity contribution in [1.29, 1.82) is 0 Å². The number of fused-ring (bicyclic) bond motifs is 1. The van der Waals surface area contributed by atoms with E-state index in [0.717, 1.165) is 49.5 Å². The lowest BCUT2D eigenvalue weighted by Crippen LogP contribution is -2.37. The Balaban J connectivity index is 0.00000194. The molecule has 0 radical (unpaired) electrons. The summed E-state index contributed by atoms with van der Waals surface area (Å²) in [6.45, 7) is 6.67. The Morgan fingerprint density at radius 3 is 2.31 bits per heavy atom. The fourth-order valence-electron chi connectivity index (χ4n) is 5.04. The molecule has 0 saturated carbocycles. The lowest BCUT2D eigenvalue weighted by Gasteiger charge is -2.28. The lowest BCUT2D eigenvalue weighted by molar-refractivity contribution is 0.0788. The van der Waals surface area contributed by atoms with Crippen LogP contribution in [0.2, 0.25) is 0 Å². The van der Waals surface area contributed by atoms with E-state index in [-0.39, 0.29) is 14.8 Å². The number of likely N-dealkylation sites (tertiary alicyclic amines) is 1. The van der Waals surface area contributed by atoms with Gasteiger partial charge in [0.05, 0.1) is 13.2 Å². The van der Waals surface area contributed by atoms with Crippen molar-refractivity contribution in [3.63, 3.8) is 0 Å². The molecule has 2 aliphatic rings. The average Bonchev–Trinajstić information content (AvgIpc) is 3.62. The second-order valence-electron chi connectivity index (χ2n) is 10.1. The summed E-state index contributed by atoms with van der Waals surface area (Å²) in [6, 6.07) is 18.0. The number of urea groups is 1. The van der Waals surface area contributed by atoms with E-state index in [1.165, 1.54) is 0 Å². The van der Waals surface area contributed by atoms with Gasteiger partial charge in [0.2, 0.25) is 0 Å². The van der Waals surface area contributed by atoms with Crippen LogP contribution in [-0.4, -0.2) is 70.8 Å². The maximum absolute atomic E-state index is 12.7. The zero-order chi connectivity index (χ0) is 26.8. The first-order chi connectivity index (χ1) is 19.0. The number of aromatic nitrogens is 3. The van der Waals surface area contributed by atoms with Gasteiger partial charge in [0.25, 0.3) is 5.91 Å². The Bertz CT molecular complexity index is 1490. The topological polar surface area (TPSA) is 104 Å². The van der Waals surface area contributed by atoms with Crippen LogP contribution in [-0.2, 0) is 4.74 Å². The Morgan fingerprint density at radius 1 is 0.949 bits per heavy atom. The first-order valence-corrected chi connectivity index (χ1v) is 13.3. The van der Waals surface area contributed by atoms with Gasteiger partial charge < -0.3 is 25.2 Å². The summed E-state index contributed by atoms with van der Waals surface area (Å²) in [5.74, 6) is 2.06. The number of hydrogen-bond donors (Lipinski definition) is 2. The normalized spacial score (nSPS) is 17.4.